The number of nitrogens with one attached hydrogen (secondary N) is 1. The number of hydrogen-bond donors (Lipinski definition) is 2. The van der Waals surface area contributed by atoms with E-state index in [2.05, 4.69) is 36.6 Å². The van der Waals surface area contributed by atoms with E-state index in [1.165, 1.54) is 6.07 Å². The molecule has 0 aliphatic carbocycles. The van der Waals surface area contributed by atoms with Gasteiger partial charge in [-0.1, -0.05) is 11.6 Å². The highest BCUT2D eigenvalue weighted by Gasteiger charge is 2.24. The van der Waals surface area contributed by atoms with Crippen molar-refractivity contribution in [2.75, 3.05) is 4.72 Å². The van der Waals surface area contributed by atoms with Crippen LogP contribution in [-0.4, -0.2) is 19.5 Å². The Bertz CT molecular complexity index is 820. The van der Waals surface area contributed by atoms with Gasteiger partial charge in [0.15, 0.2) is 0 Å². The molecule has 112 valence electrons. The molecule has 2 rings (SSSR count). The summed E-state index contributed by atoms with van der Waals surface area (Å²) in [6.45, 7) is 0. The summed E-state index contributed by atoms with van der Waals surface area (Å²) < 4.78 is 27.8. The predicted molar refractivity (Wildman–Crippen MR) is 88.9 cm³/mol. The lowest BCUT2D eigenvalue weighted by Gasteiger charge is -2.09. The number of hydrogen-bond acceptors (Lipinski definition) is 4. The molecule has 1 heterocycles. The van der Waals surface area contributed by atoms with Crippen LogP contribution in [0.5, 0.6) is 0 Å². The van der Waals surface area contributed by atoms with Gasteiger partial charge in [0.25, 0.3) is 10.0 Å². The number of anilines is 1. The van der Waals surface area contributed by atoms with Gasteiger partial charge in [0, 0.05) is 9.50 Å². The number of sulfonamides is 1. The average molecular weight is 476 g/mol. The predicted octanol–water partition coefficient (Wildman–Crippen LogP) is 4.43. The third-order valence-corrected chi connectivity index (χ3v) is 6.86. The van der Waals surface area contributed by atoms with Gasteiger partial charge in [0.1, 0.15) is 9.77 Å². The number of thiophene rings is 1. The summed E-state index contributed by atoms with van der Waals surface area (Å²) in [5, 5.41) is 9.28. The summed E-state index contributed by atoms with van der Waals surface area (Å²) in [5.74, 6) is -1.19. The summed E-state index contributed by atoms with van der Waals surface area (Å²) in [6.07, 6.45) is 0. The molecule has 21 heavy (non-hydrogen) atoms. The van der Waals surface area contributed by atoms with Gasteiger partial charge in [-0.25, -0.2) is 13.2 Å². The monoisotopic (exact) mass is 473 g/mol. The van der Waals surface area contributed by atoms with Crippen LogP contribution in [0.4, 0.5) is 5.69 Å². The molecule has 0 aliphatic heterocycles. The van der Waals surface area contributed by atoms with E-state index in [4.69, 9.17) is 16.7 Å². The molecule has 1 aromatic heterocycles. The van der Waals surface area contributed by atoms with Gasteiger partial charge in [-0.05, 0) is 56.1 Å². The summed E-state index contributed by atoms with van der Waals surface area (Å²) in [7, 11) is -3.93. The van der Waals surface area contributed by atoms with Crippen molar-refractivity contribution >= 4 is 76.5 Å². The number of carbonyl (C=O) groups is 1. The molecule has 0 radical (unpaired) electrons. The van der Waals surface area contributed by atoms with Crippen molar-refractivity contribution in [3.63, 3.8) is 0 Å². The highest BCUT2D eigenvalue weighted by molar-refractivity contribution is 9.11. The molecule has 0 atom stereocenters. The summed E-state index contributed by atoms with van der Waals surface area (Å²) in [6, 6.07) is 5.75. The molecule has 0 aliphatic rings. The Balaban J connectivity index is 2.43. The van der Waals surface area contributed by atoms with Crippen LogP contribution in [0.2, 0.25) is 5.02 Å². The highest BCUT2D eigenvalue weighted by atomic mass is 79.9. The van der Waals surface area contributed by atoms with E-state index < -0.39 is 16.0 Å². The molecule has 0 bridgehead atoms. The van der Waals surface area contributed by atoms with Crippen molar-refractivity contribution in [3.8, 4) is 0 Å². The Morgan fingerprint density at radius 2 is 1.95 bits per heavy atom. The number of benzene rings is 1. The summed E-state index contributed by atoms with van der Waals surface area (Å²) in [4.78, 5) is 10.7. The van der Waals surface area contributed by atoms with Crippen molar-refractivity contribution in [1.82, 2.24) is 0 Å². The van der Waals surface area contributed by atoms with Crippen molar-refractivity contribution < 1.29 is 18.3 Å². The number of carboxylic acid groups (broad SMARTS) is 1. The highest BCUT2D eigenvalue weighted by Crippen LogP contribution is 2.34. The lowest BCUT2D eigenvalue weighted by atomic mass is 10.3. The molecule has 1 aromatic carbocycles. The van der Waals surface area contributed by atoms with Gasteiger partial charge >= 0.3 is 5.97 Å². The number of halogens is 3. The Labute approximate surface area is 146 Å². The smallest absolute Gasteiger partial charge is 0.345 e. The van der Waals surface area contributed by atoms with E-state index in [0.29, 0.717) is 9.50 Å². The normalized spacial score (nSPS) is 11.4. The van der Waals surface area contributed by atoms with Crippen LogP contribution in [-0.2, 0) is 10.0 Å². The first kappa shape index (κ1) is 16.8. The second kappa shape index (κ2) is 6.25. The van der Waals surface area contributed by atoms with Crippen LogP contribution in [0.3, 0.4) is 0 Å². The number of aromatic carboxylic acids is 1. The van der Waals surface area contributed by atoms with E-state index in [0.717, 1.165) is 17.4 Å². The first-order valence-corrected chi connectivity index (χ1v) is 9.47. The Hall–Kier alpha value is -0.610. The van der Waals surface area contributed by atoms with E-state index >= 15 is 0 Å². The van der Waals surface area contributed by atoms with Crippen molar-refractivity contribution in [2.45, 2.75) is 4.90 Å². The summed E-state index contributed by atoms with van der Waals surface area (Å²) in [5.41, 5.74) is 0.262. The minimum Gasteiger partial charge on any atom is -0.477 e. The maximum atomic E-state index is 12.3. The third-order valence-electron chi connectivity index (χ3n) is 2.33. The number of carboxylic acids is 1. The first-order valence-electron chi connectivity index (χ1n) is 5.21. The first-order chi connectivity index (χ1) is 9.70. The van der Waals surface area contributed by atoms with E-state index in [1.54, 1.807) is 12.1 Å². The SMILES string of the molecule is O=C(O)c1cc(S(=O)(=O)Nc2cc(Cl)ccc2Br)c(Br)s1. The minimum absolute atomic E-state index is 0.0765. The van der Waals surface area contributed by atoms with Crippen molar-refractivity contribution in [2.24, 2.45) is 0 Å². The van der Waals surface area contributed by atoms with Crippen LogP contribution in [0, 0.1) is 0 Å². The van der Waals surface area contributed by atoms with Crippen LogP contribution < -0.4 is 4.72 Å². The maximum Gasteiger partial charge on any atom is 0.345 e. The lowest BCUT2D eigenvalue weighted by molar-refractivity contribution is 0.0702. The molecule has 0 fully saturated rings. The van der Waals surface area contributed by atoms with Crippen LogP contribution in [0.25, 0.3) is 0 Å². The molecular weight excluding hydrogens is 470 g/mol. The molecule has 0 amide bonds. The molecular formula is C11H6Br2ClNO4S2. The Kier molecular flexibility index (Phi) is 4.99. The zero-order valence-electron chi connectivity index (χ0n) is 9.93. The average Bonchev–Trinajstić information content (AvgIpc) is 2.77. The summed E-state index contributed by atoms with van der Waals surface area (Å²) >= 11 is 12.9. The zero-order chi connectivity index (χ0) is 15.8. The Morgan fingerprint density at radius 1 is 1.29 bits per heavy atom. The molecule has 5 nitrogen and oxygen atoms in total. The third kappa shape index (κ3) is 3.78. The molecule has 10 heteroatoms. The maximum absolute atomic E-state index is 12.3. The second-order valence-electron chi connectivity index (χ2n) is 3.78. The van der Waals surface area contributed by atoms with Gasteiger partial charge in [-0.15, -0.1) is 11.3 Å². The van der Waals surface area contributed by atoms with Crippen molar-refractivity contribution in [1.29, 1.82) is 0 Å². The quantitative estimate of drug-likeness (QED) is 0.686. The molecule has 2 N–H and O–H groups in total. The fourth-order valence-corrected chi connectivity index (χ4v) is 5.54. The molecule has 0 saturated heterocycles. The molecule has 0 unspecified atom stereocenters. The molecule has 0 saturated carbocycles. The van der Waals surface area contributed by atoms with E-state index in [1.807, 2.05) is 0 Å². The van der Waals surface area contributed by atoms with Crippen LogP contribution >= 0.6 is 54.8 Å². The lowest BCUT2D eigenvalue weighted by Crippen LogP contribution is -2.13. The van der Waals surface area contributed by atoms with Gasteiger partial charge in [0.2, 0.25) is 0 Å². The second-order valence-corrected chi connectivity index (χ2v) is 9.10. The zero-order valence-corrected chi connectivity index (χ0v) is 15.5. The molecule has 0 spiro atoms. The fourth-order valence-electron chi connectivity index (χ4n) is 1.42. The Morgan fingerprint density at radius 3 is 2.52 bits per heavy atom. The molecule has 2 aromatic rings. The minimum atomic E-state index is -3.93. The van der Waals surface area contributed by atoms with Gasteiger partial charge in [0.05, 0.1) is 9.47 Å². The van der Waals surface area contributed by atoms with Gasteiger partial charge in [-0.3, -0.25) is 4.72 Å². The van der Waals surface area contributed by atoms with Crippen LogP contribution in [0.15, 0.2) is 37.4 Å². The fraction of sp³-hybridized carbons (Fsp3) is 0. The van der Waals surface area contributed by atoms with Crippen molar-refractivity contribution in [3.05, 3.63) is 42.4 Å². The van der Waals surface area contributed by atoms with Crippen LogP contribution in [0.1, 0.15) is 9.67 Å². The standard InChI is InChI=1S/C11H6Br2ClNO4S2/c12-6-2-1-5(14)3-7(6)15-21(18,19)9-4-8(11(16)17)20-10(9)13/h1-4,15H,(H,16,17). The van der Waals surface area contributed by atoms with Gasteiger partial charge < -0.3 is 5.11 Å². The largest absolute Gasteiger partial charge is 0.477 e. The van der Waals surface area contributed by atoms with E-state index in [9.17, 15) is 13.2 Å². The topological polar surface area (TPSA) is 83.5 Å². The number of rotatable bonds is 4. The van der Waals surface area contributed by atoms with E-state index in [-0.39, 0.29) is 19.2 Å². The van der Waals surface area contributed by atoms with Gasteiger partial charge in [-0.2, -0.15) is 0 Å².